The van der Waals surface area contributed by atoms with Gasteiger partial charge in [-0.15, -0.1) is 0 Å². The molecule has 0 saturated carbocycles. The molecular weight excluding hydrogens is 1060 g/mol. The van der Waals surface area contributed by atoms with Crippen LogP contribution in [-0.2, 0) is 60.2 Å². The lowest BCUT2D eigenvalue weighted by molar-refractivity contribution is -0.661. The molecule has 0 unspecified atom stereocenters. The van der Waals surface area contributed by atoms with Crippen LogP contribution in [0.1, 0.15) is 204 Å². The van der Waals surface area contributed by atoms with Crippen molar-refractivity contribution in [1.82, 2.24) is 0 Å². The molecule has 8 aromatic rings. The highest BCUT2D eigenvalue weighted by atomic mass is 14.9. The van der Waals surface area contributed by atoms with E-state index in [4.69, 9.17) is 12.3 Å². The van der Waals surface area contributed by atoms with Gasteiger partial charge in [0.2, 0.25) is 22.8 Å². The standard InChI is InChI=1S/C23H34N.3C19H26N.C4H10/c1-17-11-9-10-12-20(17)21-13-18(14-22(2,3)4)19(16-24(21)8)15-23(5,6)7;1-14-7-9-17(15(2)11-14)18-10-8-16(13-20(18)6)12-19(3,4)5;2*1-14-9-7-8-10-17(14)18-11-15(2)16(13-20(18)6)12-19(3,4)5;1-4(2)3/h9-13,16H,14-15H2,1-8H3;3*7-11,13H,12H2,1-6H3;4H,1-3H3/q4*+1;/i;1D3,8D,12D2;12D2;;4D. The van der Waals surface area contributed by atoms with Crippen molar-refractivity contribution in [2.45, 2.75) is 205 Å². The van der Waals surface area contributed by atoms with Crippen molar-refractivity contribution >= 4 is 0 Å². The number of aryl methyl sites for hydroxylation is 11. The average Bonchev–Trinajstić information content (AvgIpc) is 0.776. The summed E-state index contributed by atoms with van der Waals surface area (Å²) in [7, 11) is 8.12. The summed E-state index contributed by atoms with van der Waals surface area (Å²) in [4.78, 5) is 0. The van der Waals surface area contributed by atoms with E-state index < -0.39 is 30.4 Å². The molecule has 88 heavy (non-hydrogen) atoms. The van der Waals surface area contributed by atoms with E-state index in [1.807, 2.05) is 113 Å². The predicted octanol–water partition coefficient (Wildman–Crippen LogP) is 20.5. The third-order valence-corrected chi connectivity index (χ3v) is 14.5. The van der Waals surface area contributed by atoms with E-state index in [-0.39, 0.29) is 22.9 Å². The summed E-state index contributed by atoms with van der Waals surface area (Å²) in [6.45, 7) is 48.1. The number of aromatic nitrogens is 4. The normalized spacial score (nSPS) is 13.9. The summed E-state index contributed by atoms with van der Waals surface area (Å²) in [6.07, 6.45) is 8.57. The van der Waals surface area contributed by atoms with Gasteiger partial charge in [0, 0.05) is 79.7 Å². The first-order valence-corrected chi connectivity index (χ1v) is 31.8. The van der Waals surface area contributed by atoms with Crippen LogP contribution in [0.5, 0.6) is 0 Å². The topological polar surface area (TPSA) is 15.5 Å². The predicted molar refractivity (Wildman–Crippen MR) is 382 cm³/mol. The van der Waals surface area contributed by atoms with Crippen LogP contribution in [0, 0.1) is 81.4 Å². The first-order chi connectivity index (χ1) is 44.0. The first kappa shape index (κ1) is 60.4. The Labute approximate surface area is 552 Å². The Morgan fingerprint density at radius 3 is 1.12 bits per heavy atom. The highest BCUT2D eigenvalue weighted by molar-refractivity contribution is 5.64. The quantitative estimate of drug-likeness (QED) is 0.128. The number of benzene rings is 4. The molecule has 4 heterocycles. The van der Waals surface area contributed by atoms with Gasteiger partial charge in [-0.05, 0) is 183 Å². The minimum Gasteiger partial charge on any atom is -0.201 e. The molecule has 0 aliphatic rings. The molecule has 0 spiro atoms. The van der Waals surface area contributed by atoms with Crippen LogP contribution in [0.3, 0.4) is 0 Å². The summed E-state index contributed by atoms with van der Waals surface area (Å²) in [6, 6.07) is 39.2. The maximum absolute atomic E-state index is 8.53. The molecule has 0 radical (unpaired) electrons. The minimum atomic E-state index is -2.15. The van der Waals surface area contributed by atoms with Gasteiger partial charge in [-0.1, -0.05) is 197 Å². The Kier molecular flexibility index (Phi) is 21.5. The minimum absolute atomic E-state index is 0.136. The van der Waals surface area contributed by atoms with E-state index in [0.29, 0.717) is 16.4 Å². The van der Waals surface area contributed by atoms with Crippen molar-refractivity contribution in [2.75, 3.05) is 0 Å². The summed E-state index contributed by atoms with van der Waals surface area (Å²) >= 11 is 0. The van der Waals surface area contributed by atoms with Gasteiger partial charge in [0.25, 0.3) is 0 Å². The Morgan fingerprint density at radius 1 is 0.375 bits per heavy atom. The lowest BCUT2D eigenvalue weighted by Crippen LogP contribution is -2.33. The van der Waals surface area contributed by atoms with Gasteiger partial charge in [-0.25, -0.2) is 18.3 Å². The van der Waals surface area contributed by atoms with Crippen LogP contribution in [0.2, 0.25) is 0 Å². The largest absolute Gasteiger partial charge is 0.212 e. The summed E-state index contributed by atoms with van der Waals surface area (Å²) in [5.41, 5.74) is 21.8. The molecule has 4 heteroatoms. The molecule has 4 aromatic carbocycles. The number of pyridine rings is 4. The molecule has 0 atom stereocenters. The van der Waals surface area contributed by atoms with Gasteiger partial charge in [-0.3, -0.25) is 0 Å². The third-order valence-electron chi connectivity index (χ3n) is 14.5. The van der Waals surface area contributed by atoms with E-state index in [2.05, 4.69) is 204 Å². The van der Waals surface area contributed by atoms with Gasteiger partial charge >= 0.3 is 0 Å². The van der Waals surface area contributed by atoms with Crippen LogP contribution in [0.25, 0.3) is 45.0 Å². The molecule has 0 aliphatic heterocycles. The second kappa shape index (κ2) is 31.3. The van der Waals surface area contributed by atoms with E-state index in [9.17, 15) is 0 Å². The lowest BCUT2D eigenvalue weighted by Gasteiger charge is -2.24. The van der Waals surface area contributed by atoms with E-state index in [1.54, 1.807) is 35.0 Å². The van der Waals surface area contributed by atoms with Crippen LogP contribution in [0.4, 0.5) is 0 Å². The molecular formula is C84H122N4+4. The maximum Gasteiger partial charge on any atom is 0.212 e. The summed E-state index contributed by atoms with van der Waals surface area (Å²) in [5, 5.41) is 0. The fraction of sp³-hybridized carbons (Fsp3) is 0.476. The Hall–Kier alpha value is -6.52. The number of nitrogens with zero attached hydrogens (tertiary/aromatic N) is 4. The second-order valence-electron chi connectivity index (χ2n) is 30.9. The van der Waals surface area contributed by atoms with Gasteiger partial charge in [-0.2, -0.15) is 0 Å². The molecule has 0 fully saturated rings. The zero-order chi connectivity index (χ0) is 74.3. The fourth-order valence-electron chi connectivity index (χ4n) is 10.7. The maximum atomic E-state index is 8.53. The van der Waals surface area contributed by atoms with Gasteiger partial charge < -0.3 is 0 Å². The number of rotatable bonds is 9. The van der Waals surface area contributed by atoms with Crippen LogP contribution in [0.15, 0.2) is 146 Å². The smallest absolute Gasteiger partial charge is 0.201 e. The average molecular weight is 1200 g/mol. The van der Waals surface area contributed by atoms with Crippen LogP contribution in [-0.4, -0.2) is 0 Å². The molecule has 4 aromatic heterocycles. The molecule has 4 nitrogen and oxygen atoms in total. The highest BCUT2D eigenvalue weighted by Gasteiger charge is 2.26. The molecule has 0 saturated heterocycles. The molecule has 8 rings (SSSR count). The first-order valence-electron chi connectivity index (χ1n) is 36.3. The zero-order valence-electron chi connectivity index (χ0n) is 69.2. The van der Waals surface area contributed by atoms with E-state index in [1.165, 1.54) is 67.0 Å². The number of hydrogen-bond acceptors (Lipinski definition) is 0. The monoisotopic (exact) mass is 1200 g/mol. The fourth-order valence-corrected chi connectivity index (χ4v) is 10.7. The molecule has 0 bridgehead atoms. The van der Waals surface area contributed by atoms with E-state index >= 15 is 0 Å². The third kappa shape index (κ3) is 24.5. The van der Waals surface area contributed by atoms with Gasteiger partial charge in [0.15, 0.2) is 24.8 Å². The van der Waals surface area contributed by atoms with Crippen molar-refractivity contribution in [3.05, 3.63) is 213 Å². The van der Waals surface area contributed by atoms with Crippen molar-refractivity contribution in [3.8, 4) is 45.0 Å². The lowest BCUT2D eigenvalue weighted by atomic mass is 9.81. The van der Waals surface area contributed by atoms with Crippen molar-refractivity contribution in [1.29, 1.82) is 0 Å². The zero-order valence-corrected chi connectivity index (χ0v) is 60.2. The summed E-state index contributed by atoms with van der Waals surface area (Å²) in [5.74, 6) is -0.250. The van der Waals surface area contributed by atoms with Crippen LogP contribution < -0.4 is 18.3 Å². The Morgan fingerprint density at radius 2 is 0.727 bits per heavy atom. The van der Waals surface area contributed by atoms with Crippen molar-refractivity contribution in [3.63, 3.8) is 0 Å². The molecule has 0 amide bonds. The second-order valence-corrected chi connectivity index (χ2v) is 30.9. The Balaban J connectivity index is 0.000000269. The molecule has 0 N–H and O–H groups in total. The van der Waals surface area contributed by atoms with Gasteiger partial charge in [0.1, 0.15) is 28.2 Å². The molecule has 474 valence electrons. The summed E-state index contributed by atoms with van der Waals surface area (Å²) < 4.78 is 80.2. The number of hydrogen-bond donors (Lipinski definition) is 0. The Bertz CT molecular complexity index is 3980. The van der Waals surface area contributed by atoms with E-state index in [0.717, 1.165) is 52.9 Å². The van der Waals surface area contributed by atoms with Gasteiger partial charge in [0.05, 0.1) is 1.37 Å². The SMILES string of the molecule is Cc1cc(-c2ccccc2C)[n+](C)cc1CC(C)(C)C.Cc1ccccc1-c1cc(CC(C)(C)C)c(CC(C)(C)C)c[n+]1C.[2H]C(C)(C)C.[2H]C([2H])(c1c[n+](C)c(-c2ccccc2C)cc1C)C(C)(C)C.[2H]c1cc(-c2ccc(C([2H])([2H])[2H])cc2C)[n+](C)cc1C([2H])([2H])C(C)(C)C. The van der Waals surface area contributed by atoms with Crippen molar-refractivity contribution in [2.24, 2.45) is 61.2 Å². The van der Waals surface area contributed by atoms with Crippen molar-refractivity contribution < 1.29 is 30.6 Å². The van der Waals surface area contributed by atoms with Crippen LogP contribution >= 0.6 is 0 Å². The molecule has 0 aliphatic carbocycles. The highest BCUT2D eigenvalue weighted by Crippen LogP contribution is 2.32.